The molecule has 2 amide bonds. The summed E-state index contributed by atoms with van der Waals surface area (Å²) in [7, 11) is -3.85. The Morgan fingerprint density at radius 3 is 1.96 bits per heavy atom. The second-order valence-electron chi connectivity index (χ2n) is 5.46. The van der Waals surface area contributed by atoms with Crippen molar-refractivity contribution < 1.29 is 18.0 Å². The van der Waals surface area contributed by atoms with Gasteiger partial charge in [0.15, 0.2) is 0 Å². The molecule has 0 unspecified atom stereocenters. The summed E-state index contributed by atoms with van der Waals surface area (Å²) in [6.45, 7) is 0. The Bertz CT molecular complexity index is 1080. The number of carbonyl (C=O) groups excluding carboxylic acids is 2. The first-order valence-corrected chi connectivity index (χ1v) is 9.90. The van der Waals surface area contributed by atoms with E-state index < -0.39 is 21.8 Å². The van der Waals surface area contributed by atoms with Crippen molar-refractivity contribution in [2.75, 3.05) is 10.2 Å². The number of hydrogen-bond acceptors (Lipinski definition) is 5. The van der Waals surface area contributed by atoms with E-state index in [1.165, 1.54) is 42.5 Å². The molecule has 1 aliphatic rings. The van der Waals surface area contributed by atoms with Crippen LogP contribution in [-0.2, 0) is 19.6 Å². The third-order valence-electron chi connectivity index (χ3n) is 3.59. The molecule has 27 heavy (non-hydrogen) atoms. The number of sulfonamides is 1. The quantitative estimate of drug-likeness (QED) is 0.701. The van der Waals surface area contributed by atoms with Crippen LogP contribution in [0.15, 0.2) is 58.1 Å². The lowest BCUT2D eigenvalue weighted by Crippen LogP contribution is -2.32. The maximum atomic E-state index is 12.7. The number of primary sulfonamides is 1. The van der Waals surface area contributed by atoms with Gasteiger partial charge in [-0.15, -0.1) is 0 Å². The van der Waals surface area contributed by atoms with Crippen LogP contribution in [0.25, 0.3) is 0 Å². The number of halogens is 3. The number of nitrogens with zero attached hydrogens (tertiary/aromatic N) is 1. The molecule has 0 spiro atoms. The minimum atomic E-state index is -3.85. The predicted octanol–water partition coefficient (Wildman–Crippen LogP) is 3.08. The fourth-order valence-corrected chi connectivity index (χ4v) is 3.63. The van der Waals surface area contributed by atoms with E-state index in [0.29, 0.717) is 5.69 Å². The molecule has 2 aromatic rings. The summed E-state index contributed by atoms with van der Waals surface area (Å²) in [5.41, 5.74) is 0.339. The molecule has 0 radical (unpaired) electrons. The second-order valence-corrected chi connectivity index (χ2v) is 8.27. The number of imide groups is 1. The van der Waals surface area contributed by atoms with Gasteiger partial charge in [0.2, 0.25) is 10.0 Å². The van der Waals surface area contributed by atoms with Gasteiger partial charge < -0.3 is 5.32 Å². The van der Waals surface area contributed by atoms with Gasteiger partial charge >= 0.3 is 0 Å². The Kier molecular flexibility index (Phi) is 5.20. The third-order valence-corrected chi connectivity index (χ3v) is 5.30. The zero-order valence-electron chi connectivity index (χ0n) is 13.2. The summed E-state index contributed by atoms with van der Waals surface area (Å²) in [5.74, 6) is -1.46. The number of nitrogens with two attached hydrogens (primary N) is 1. The average Bonchev–Trinajstić information content (AvgIpc) is 2.77. The van der Waals surface area contributed by atoms with Crippen LogP contribution in [0.1, 0.15) is 0 Å². The lowest BCUT2D eigenvalue weighted by molar-refractivity contribution is -0.120. The molecule has 3 rings (SSSR count). The molecule has 1 aliphatic heterocycles. The number of amides is 2. The summed E-state index contributed by atoms with van der Waals surface area (Å²) in [4.78, 5) is 25.8. The molecule has 0 aliphatic carbocycles. The highest BCUT2D eigenvalue weighted by Crippen LogP contribution is 2.33. The number of nitrogens with one attached hydrogen (secondary N) is 1. The summed E-state index contributed by atoms with van der Waals surface area (Å²) in [6.07, 6.45) is 0. The Morgan fingerprint density at radius 1 is 0.889 bits per heavy atom. The van der Waals surface area contributed by atoms with Crippen molar-refractivity contribution in [3.8, 4) is 0 Å². The predicted molar refractivity (Wildman–Crippen MR) is 103 cm³/mol. The molecular formula is C16H10Cl3N3O4S. The van der Waals surface area contributed by atoms with Crippen LogP contribution in [0, 0.1) is 0 Å². The van der Waals surface area contributed by atoms with Gasteiger partial charge in [0.25, 0.3) is 11.8 Å². The van der Waals surface area contributed by atoms with E-state index >= 15 is 0 Å². The highest BCUT2D eigenvalue weighted by atomic mass is 35.5. The molecule has 7 nitrogen and oxygen atoms in total. The molecule has 0 fully saturated rings. The van der Waals surface area contributed by atoms with E-state index in [1.807, 2.05) is 0 Å². The maximum absolute atomic E-state index is 12.7. The maximum Gasteiger partial charge on any atom is 0.283 e. The van der Waals surface area contributed by atoms with Gasteiger partial charge in [0.05, 0.1) is 10.6 Å². The molecule has 1 heterocycles. The third kappa shape index (κ3) is 3.95. The van der Waals surface area contributed by atoms with Gasteiger partial charge in [-0.1, -0.05) is 34.8 Å². The zero-order valence-corrected chi connectivity index (χ0v) is 16.3. The van der Waals surface area contributed by atoms with Crippen molar-refractivity contribution in [2.24, 2.45) is 5.14 Å². The van der Waals surface area contributed by atoms with Crippen LogP contribution in [0.3, 0.4) is 0 Å². The number of carbonyl (C=O) groups is 2. The minimum absolute atomic E-state index is 0.0999. The molecule has 0 saturated heterocycles. The highest BCUT2D eigenvalue weighted by Gasteiger charge is 2.39. The van der Waals surface area contributed by atoms with Crippen molar-refractivity contribution in [3.63, 3.8) is 0 Å². The Labute approximate surface area is 169 Å². The summed E-state index contributed by atoms with van der Waals surface area (Å²) in [6, 6.07) is 9.53. The lowest BCUT2D eigenvalue weighted by atomic mass is 10.3. The molecular weight excluding hydrogens is 437 g/mol. The van der Waals surface area contributed by atoms with Gasteiger partial charge in [-0.2, -0.15) is 0 Å². The molecule has 11 heteroatoms. The fraction of sp³-hybridized carbons (Fsp3) is 0. The first-order valence-electron chi connectivity index (χ1n) is 7.22. The summed E-state index contributed by atoms with van der Waals surface area (Å²) >= 11 is 17.9. The molecule has 0 saturated carbocycles. The molecule has 0 atom stereocenters. The number of hydrogen-bond donors (Lipinski definition) is 2. The van der Waals surface area contributed by atoms with Crippen molar-refractivity contribution in [3.05, 3.63) is 63.2 Å². The Morgan fingerprint density at radius 2 is 1.44 bits per heavy atom. The van der Waals surface area contributed by atoms with Gasteiger partial charge in [0.1, 0.15) is 10.7 Å². The second kappa shape index (κ2) is 7.14. The largest absolute Gasteiger partial charge is 0.350 e. The molecule has 3 N–H and O–H groups in total. The van der Waals surface area contributed by atoms with Crippen LogP contribution in [-0.4, -0.2) is 20.2 Å². The molecule has 2 aromatic carbocycles. The van der Waals surface area contributed by atoms with Gasteiger partial charge in [-0.25, -0.2) is 18.5 Å². The Hall–Kier alpha value is -2.10. The SMILES string of the molecule is NS(=O)(=O)c1ccc(NC2=C(Cl)C(=O)N(c3cc(Cl)cc(Cl)c3)C2=O)cc1. The van der Waals surface area contributed by atoms with Crippen molar-refractivity contribution in [2.45, 2.75) is 4.90 Å². The summed E-state index contributed by atoms with van der Waals surface area (Å²) in [5, 5.41) is 7.91. The van der Waals surface area contributed by atoms with E-state index in [9.17, 15) is 18.0 Å². The van der Waals surface area contributed by atoms with Crippen LogP contribution in [0.4, 0.5) is 11.4 Å². The van der Waals surface area contributed by atoms with E-state index in [-0.39, 0.29) is 31.4 Å². The molecule has 0 bridgehead atoms. The monoisotopic (exact) mass is 445 g/mol. The fourth-order valence-electron chi connectivity index (χ4n) is 2.39. The Balaban J connectivity index is 1.90. The average molecular weight is 447 g/mol. The van der Waals surface area contributed by atoms with Crippen molar-refractivity contribution in [1.29, 1.82) is 0 Å². The van der Waals surface area contributed by atoms with E-state index in [1.54, 1.807) is 0 Å². The topological polar surface area (TPSA) is 110 Å². The first kappa shape index (κ1) is 19.7. The van der Waals surface area contributed by atoms with Crippen LogP contribution < -0.4 is 15.4 Å². The smallest absolute Gasteiger partial charge is 0.283 e. The van der Waals surface area contributed by atoms with Crippen LogP contribution in [0.5, 0.6) is 0 Å². The van der Waals surface area contributed by atoms with Crippen molar-refractivity contribution >= 4 is 68.0 Å². The van der Waals surface area contributed by atoms with E-state index in [2.05, 4.69) is 5.32 Å². The lowest BCUT2D eigenvalue weighted by Gasteiger charge is -2.16. The van der Waals surface area contributed by atoms with E-state index in [4.69, 9.17) is 39.9 Å². The number of anilines is 2. The molecule has 140 valence electrons. The molecule has 0 aromatic heterocycles. The van der Waals surface area contributed by atoms with Crippen LogP contribution in [0.2, 0.25) is 10.0 Å². The van der Waals surface area contributed by atoms with Gasteiger partial charge in [-0.05, 0) is 42.5 Å². The van der Waals surface area contributed by atoms with Gasteiger partial charge in [-0.3, -0.25) is 9.59 Å². The van der Waals surface area contributed by atoms with E-state index in [0.717, 1.165) is 4.90 Å². The zero-order chi connectivity index (χ0) is 19.9. The normalized spacial score (nSPS) is 14.9. The van der Waals surface area contributed by atoms with Gasteiger partial charge in [0, 0.05) is 15.7 Å². The van der Waals surface area contributed by atoms with Crippen LogP contribution >= 0.6 is 34.8 Å². The number of benzene rings is 2. The van der Waals surface area contributed by atoms with Crippen molar-refractivity contribution in [1.82, 2.24) is 0 Å². The first-order chi connectivity index (χ1) is 12.6. The minimum Gasteiger partial charge on any atom is -0.350 e. The summed E-state index contributed by atoms with van der Waals surface area (Å²) < 4.78 is 22.6. The number of rotatable bonds is 4. The highest BCUT2D eigenvalue weighted by molar-refractivity contribution is 7.89. The standard InChI is InChI=1S/C16H10Cl3N3O4S/c17-8-5-9(18)7-11(6-8)22-15(23)13(19)14(16(22)24)21-10-1-3-12(4-2-10)27(20,25)26/h1-7,21H,(H2,20,25,26).